The summed E-state index contributed by atoms with van der Waals surface area (Å²) in [7, 11) is 3.81. The first-order chi connectivity index (χ1) is 8.56. The van der Waals surface area contributed by atoms with Crippen molar-refractivity contribution >= 4 is 11.6 Å². The quantitative estimate of drug-likeness (QED) is 0.849. The predicted octanol–water partition coefficient (Wildman–Crippen LogP) is 2.84. The second kappa shape index (κ2) is 5.50. The summed E-state index contributed by atoms with van der Waals surface area (Å²) in [5.74, 6) is -0.336. The fourth-order valence-electron chi connectivity index (χ4n) is 1.88. The van der Waals surface area contributed by atoms with Crippen molar-refractivity contribution in [3.63, 3.8) is 0 Å². The van der Waals surface area contributed by atoms with E-state index in [1.165, 1.54) is 0 Å². The first kappa shape index (κ1) is 13.1. The summed E-state index contributed by atoms with van der Waals surface area (Å²) in [6.07, 6.45) is 3.76. The molecule has 3 nitrogen and oxygen atoms in total. The number of aryl methyl sites for hydroxylation is 1. The molecule has 0 bridgehead atoms. The number of halogens is 2. The SMILES string of the molecule is CN(Cc1cnn(C)c1)Cc1cccc(Cl)c1F. The van der Waals surface area contributed by atoms with Crippen LogP contribution in [0.25, 0.3) is 0 Å². The Morgan fingerprint density at radius 2 is 2.17 bits per heavy atom. The highest BCUT2D eigenvalue weighted by atomic mass is 35.5. The minimum Gasteiger partial charge on any atom is -0.298 e. The summed E-state index contributed by atoms with van der Waals surface area (Å²) in [5.41, 5.74) is 1.70. The van der Waals surface area contributed by atoms with Crippen LogP contribution in [0.15, 0.2) is 30.6 Å². The monoisotopic (exact) mass is 267 g/mol. The zero-order valence-electron chi connectivity index (χ0n) is 10.4. The zero-order chi connectivity index (χ0) is 13.1. The molecule has 2 rings (SSSR count). The molecule has 1 heterocycles. The van der Waals surface area contributed by atoms with Gasteiger partial charge in [-0.25, -0.2) is 4.39 Å². The number of benzene rings is 1. The molecule has 0 atom stereocenters. The lowest BCUT2D eigenvalue weighted by Gasteiger charge is -2.16. The third kappa shape index (κ3) is 3.09. The molecule has 0 N–H and O–H groups in total. The molecule has 0 amide bonds. The van der Waals surface area contributed by atoms with Crippen LogP contribution in [-0.2, 0) is 20.1 Å². The van der Waals surface area contributed by atoms with Crippen LogP contribution in [-0.4, -0.2) is 21.7 Å². The van der Waals surface area contributed by atoms with Gasteiger partial charge in [-0.2, -0.15) is 5.10 Å². The molecule has 1 aromatic heterocycles. The van der Waals surface area contributed by atoms with Crippen molar-refractivity contribution in [1.82, 2.24) is 14.7 Å². The van der Waals surface area contributed by atoms with Crippen molar-refractivity contribution in [2.24, 2.45) is 7.05 Å². The van der Waals surface area contributed by atoms with E-state index in [0.29, 0.717) is 12.1 Å². The maximum Gasteiger partial charge on any atom is 0.146 e. The van der Waals surface area contributed by atoms with Gasteiger partial charge in [-0.15, -0.1) is 0 Å². The lowest BCUT2D eigenvalue weighted by atomic mass is 10.2. The van der Waals surface area contributed by atoms with Gasteiger partial charge in [0.2, 0.25) is 0 Å². The van der Waals surface area contributed by atoms with E-state index in [9.17, 15) is 4.39 Å². The third-order valence-corrected chi connectivity index (χ3v) is 2.97. The molecule has 5 heteroatoms. The Hall–Kier alpha value is -1.39. The third-order valence-electron chi connectivity index (χ3n) is 2.68. The van der Waals surface area contributed by atoms with Crippen LogP contribution in [0.3, 0.4) is 0 Å². The van der Waals surface area contributed by atoms with E-state index >= 15 is 0 Å². The van der Waals surface area contributed by atoms with E-state index in [0.717, 1.165) is 12.1 Å². The summed E-state index contributed by atoms with van der Waals surface area (Å²) in [5, 5.41) is 4.27. The lowest BCUT2D eigenvalue weighted by molar-refractivity contribution is 0.313. The number of hydrogen-bond donors (Lipinski definition) is 0. The van der Waals surface area contributed by atoms with E-state index in [2.05, 4.69) is 5.10 Å². The fraction of sp³-hybridized carbons (Fsp3) is 0.308. The molecular formula is C13H15ClFN3. The van der Waals surface area contributed by atoms with Crippen LogP contribution in [0.5, 0.6) is 0 Å². The Morgan fingerprint density at radius 1 is 1.39 bits per heavy atom. The highest BCUT2D eigenvalue weighted by Crippen LogP contribution is 2.19. The lowest BCUT2D eigenvalue weighted by Crippen LogP contribution is -2.17. The molecule has 0 spiro atoms. The zero-order valence-corrected chi connectivity index (χ0v) is 11.2. The number of nitrogens with zero attached hydrogens (tertiary/aromatic N) is 3. The summed E-state index contributed by atoms with van der Waals surface area (Å²) >= 11 is 5.75. The summed E-state index contributed by atoms with van der Waals surface area (Å²) < 4.78 is 15.5. The van der Waals surface area contributed by atoms with Crippen LogP contribution in [0.1, 0.15) is 11.1 Å². The molecule has 1 aromatic carbocycles. The van der Waals surface area contributed by atoms with Crippen molar-refractivity contribution in [1.29, 1.82) is 0 Å². The highest BCUT2D eigenvalue weighted by Gasteiger charge is 2.09. The molecule has 96 valence electrons. The van der Waals surface area contributed by atoms with Crippen molar-refractivity contribution in [2.45, 2.75) is 13.1 Å². The molecule has 0 saturated carbocycles. The van der Waals surface area contributed by atoms with Crippen molar-refractivity contribution in [3.05, 3.63) is 52.6 Å². The van der Waals surface area contributed by atoms with Crippen LogP contribution in [0, 0.1) is 5.82 Å². The summed E-state index contributed by atoms with van der Waals surface area (Å²) in [6.45, 7) is 1.24. The Bertz CT molecular complexity index is 539. The Labute approximate surface area is 111 Å². The Kier molecular flexibility index (Phi) is 3.99. The molecule has 0 aliphatic rings. The average Bonchev–Trinajstić information content (AvgIpc) is 2.70. The van der Waals surface area contributed by atoms with Gasteiger partial charge in [-0.05, 0) is 13.1 Å². The Balaban J connectivity index is 2.03. The molecule has 2 aromatic rings. The van der Waals surface area contributed by atoms with Gasteiger partial charge < -0.3 is 0 Å². The normalized spacial score (nSPS) is 11.2. The van der Waals surface area contributed by atoms with Gasteiger partial charge in [0.25, 0.3) is 0 Å². The molecule has 0 aliphatic heterocycles. The number of rotatable bonds is 4. The maximum absolute atomic E-state index is 13.7. The average molecular weight is 268 g/mol. The smallest absolute Gasteiger partial charge is 0.146 e. The van der Waals surface area contributed by atoms with Crippen LogP contribution in [0.4, 0.5) is 4.39 Å². The summed E-state index contributed by atoms with van der Waals surface area (Å²) in [6, 6.07) is 5.07. The van der Waals surface area contributed by atoms with Gasteiger partial charge in [0.15, 0.2) is 0 Å². The second-order valence-electron chi connectivity index (χ2n) is 4.41. The maximum atomic E-state index is 13.7. The van der Waals surface area contributed by atoms with Crippen molar-refractivity contribution in [2.75, 3.05) is 7.05 Å². The molecule has 0 unspecified atom stereocenters. The largest absolute Gasteiger partial charge is 0.298 e. The van der Waals surface area contributed by atoms with Gasteiger partial charge in [0, 0.05) is 37.5 Å². The number of hydrogen-bond acceptors (Lipinski definition) is 2. The molecule has 0 saturated heterocycles. The second-order valence-corrected chi connectivity index (χ2v) is 4.81. The topological polar surface area (TPSA) is 21.1 Å². The fourth-order valence-corrected chi connectivity index (χ4v) is 2.08. The van der Waals surface area contributed by atoms with Crippen molar-refractivity contribution < 1.29 is 4.39 Å². The van der Waals surface area contributed by atoms with Gasteiger partial charge >= 0.3 is 0 Å². The summed E-state index contributed by atoms with van der Waals surface area (Å²) in [4.78, 5) is 2.02. The minimum absolute atomic E-state index is 0.169. The first-order valence-corrected chi connectivity index (χ1v) is 6.03. The first-order valence-electron chi connectivity index (χ1n) is 5.65. The van der Waals surface area contributed by atoms with Gasteiger partial charge in [-0.1, -0.05) is 23.7 Å². The Morgan fingerprint density at radius 3 is 2.83 bits per heavy atom. The molecule has 0 aliphatic carbocycles. The minimum atomic E-state index is -0.336. The molecular weight excluding hydrogens is 253 g/mol. The van der Waals surface area contributed by atoms with E-state index in [-0.39, 0.29) is 10.8 Å². The standard InChI is InChI=1S/C13H15ClFN3/c1-17(7-10-6-16-18(2)8-10)9-11-4-3-5-12(14)13(11)15/h3-6,8H,7,9H2,1-2H3. The van der Waals surface area contributed by atoms with Crippen molar-refractivity contribution in [3.8, 4) is 0 Å². The van der Waals surface area contributed by atoms with E-state index in [1.54, 1.807) is 22.9 Å². The predicted molar refractivity (Wildman–Crippen MR) is 69.8 cm³/mol. The molecule has 18 heavy (non-hydrogen) atoms. The van der Waals surface area contributed by atoms with Gasteiger partial charge in [-0.3, -0.25) is 9.58 Å². The molecule has 0 radical (unpaired) electrons. The van der Waals surface area contributed by atoms with Crippen LogP contribution < -0.4 is 0 Å². The van der Waals surface area contributed by atoms with Gasteiger partial charge in [0.05, 0.1) is 11.2 Å². The van der Waals surface area contributed by atoms with E-state index in [4.69, 9.17) is 11.6 Å². The van der Waals surface area contributed by atoms with Gasteiger partial charge in [0.1, 0.15) is 5.82 Å². The molecule has 0 fully saturated rings. The van der Waals surface area contributed by atoms with E-state index in [1.807, 2.05) is 31.4 Å². The van der Waals surface area contributed by atoms with Crippen LogP contribution in [0.2, 0.25) is 5.02 Å². The number of aromatic nitrogens is 2. The highest BCUT2D eigenvalue weighted by molar-refractivity contribution is 6.30. The van der Waals surface area contributed by atoms with Crippen LogP contribution >= 0.6 is 11.6 Å². The van der Waals surface area contributed by atoms with E-state index < -0.39 is 0 Å².